The summed E-state index contributed by atoms with van der Waals surface area (Å²) in [6.07, 6.45) is 12.6. The van der Waals surface area contributed by atoms with E-state index in [1.54, 1.807) is 12.4 Å². The summed E-state index contributed by atoms with van der Waals surface area (Å²) in [5.74, 6) is 1.55. The van der Waals surface area contributed by atoms with E-state index >= 15 is 0 Å². The Morgan fingerprint density at radius 2 is 1.96 bits per heavy atom. The van der Waals surface area contributed by atoms with Gasteiger partial charge in [0.1, 0.15) is 5.82 Å². The van der Waals surface area contributed by atoms with Gasteiger partial charge in [-0.3, -0.25) is 14.8 Å². The van der Waals surface area contributed by atoms with Crippen molar-refractivity contribution in [1.82, 2.24) is 24.4 Å². The third-order valence-corrected chi connectivity index (χ3v) is 5.32. The van der Waals surface area contributed by atoms with Crippen molar-refractivity contribution in [3.05, 3.63) is 78.4 Å². The average Bonchev–Trinajstić information content (AvgIpc) is 3.22. The van der Waals surface area contributed by atoms with Crippen LogP contribution in [-0.4, -0.2) is 43.4 Å². The highest BCUT2D eigenvalue weighted by Crippen LogP contribution is 2.26. The standard InChI is InChI=1S/C22H25N5O/c28-21(7-6-18-8-11-23-12-9-18)26-14-3-4-19(16-26)22-25-13-15-27(22)17-20-5-1-2-10-24-20/h1-2,5,8-13,15,19H,3-4,6-7,14,16-17H2. The number of hydrogen-bond donors (Lipinski definition) is 0. The first-order valence-electron chi connectivity index (χ1n) is 9.87. The molecule has 1 unspecified atom stereocenters. The number of amides is 1. The normalized spacial score (nSPS) is 16.9. The second-order valence-corrected chi connectivity index (χ2v) is 7.27. The Kier molecular flexibility index (Phi) is 5.75. The third kappa shape index (κ3) is 4.44. The zero-order valence-corrected chi connectivity index (χ0v) is 15.9. The van der Waals surface area contributed by atoms with E-state index in [0.717, 1.165) is 49.4 Å². The van der Waals surface area contributed by atoms with E-state index in [4.69, 9.17) is 0 Å². The minimum atomic E-state index is 0.226. The first-order chi connectivity index (χ1) is 13.8. The van der Waals surface area contributed by atoms with E-state index in [1.807, 2.05) is 53.8 Å². The quantitative estimate of drug-likeness (QED) is 0.664. The summed E-state index contributed by atoms with van der Waals surface area (Å²) in [6.45, 7) is 2.30. The topological polar surface area (TPSA) is 63.9 Å². The van der Waals surface area contributed by atoms with Crippen LogP contribution in [0.2, 0.25) is 0 Å². The molecule has 1 aliphatic heterocycles. The lowest BCUT2D eigenvalue weighted by Crippen LogP contribution is -2.39. The molecule has 0 saturated carbocycles. The Hall–Kier alpha value is -3.02. The highest BCUT2D eigenvalue weighted by molar-refractivity contribution is 5.76. The molecule has 144 valence electrons. The number of piperidine rings is 1. The molecule has 4 heterocycles. The van der Waals surface area contributed by atoms with Gasteiger partial charge in [0.2, 0.25) is 5.91 Å². The van der Waals surface area contributed by atoms with Crippen LogP contribution in [0.25, 0.3) is 0 Å². The van der Waals surface area contributed by atoms with Crippen molar-refractivity contribution in [2.45, 2.75) is 38.1 Å². The van der Waals surface area contributed by atoms with Crippen molar-refractivity contribution in [2.75, 3.05) is 13.1 Å². The zero-order valence-electron chi connectivity index (χ0n) is 15.9. The Labute approximate surface area is 165 Å². The summed E-state index contributed by atoms with van der Waals surface area (Å²) in [6, 6.07) is 9.90. The number of aromatic nitrogens is 4. The molecule has 28 heavy (non-hydrogen) atoms. The predicted molar refractivity (Wildman–Crippen MR) is 107 cm³/mol. The highest BCUT2D eigenvalue weighted by Gasteiger charge is 2.27. The van der Waals surface area contributed by atoms with Gasteiger partial charge in [-0.25, -0.2) is 4.98 Å². The molecule has 0 spiro atoms. The fraction of sp³-hybridized carbons (Fsp3) is 0.364. The molecule has 1 atom stereocenters. The van der Waals surface area contributed by atoms with Crippen molar-refractivity contribution in [2.24, 2.45) is 0 Å². The summed E-state index contributed by atoms with van der Waals surface area (Å²) < 4.78 is 2.16. The number of pyridine rings is 2. The Morgan fingerprint density at radius 3 is 2.79 bits per heavy atom. The van der Waals surface area contributed by atoms with Gasteiger partial charge in [-0.05, 0) is 49.1 Å². The number of carbonyl (C=O) groups is 1. The Balaban J connectivity index is 1.39. The average molecular weight is 375 g/mol. The molecule has 1 aliphatic rings. The SMILES string of the molecule is O=C(CCc1ccncc1)N1CCCC(c2nccn2Cc2ccccn2)C1. The molecule has 1 fully saturated rings. The first kappa shape index (κ1) is 18.3. The van der Waals surface area contributed by atoms with Gasteiger partial charge in [0.15, 0.2) is 0 Å². The van der Waals surface area contributed by atoms with Crippen LogP contribution in [0.1, 0.15) is 42.3 Å². The van der Waals surface area contributed by atoms with Crippen molar-refractivity contribution in [3.8, 4) is 0 Å². The molecule has 0 aromatic carbocycles. The van der Waals surface area contributed by atoms with Gasteiger partial charge in [-0.1, -0.05) is 6.07 Å². The number of aryl methyl sites for hydroxylation is 1. The lowest BCUT2D eigenvalue weighted by atomic mass is 9.96. The van der Waals surface area contributed by atoms with Crippen LogP contribution in [0.3, 0.4) is 0 Å². The summed E-state index contributed by atoms with van der Waals surface area (Å²) in [5, 5.41) is 0. The van der Waals surface area contributed by atoms with Gasteiger partial charge in [0, 0.05) is 56.4 Å². The van der Waals surface area contributed by atoms with Crippen molar-refractivity contribution in [3.63, 3.8) is 0 Å². The number of nitrogens with zero attached hydrogens (tertiary/aromatic N) is 5. The molecule has 6 nitrogen and oxygen atoms in total. The molecule has 6 heteroatoms. The lowest BCUT2D eigenvalue weighted by molar-refractivity contribution is -0.132. The molecule has 0 aliphatic carbocycles. The van der Waals surface area contributed by atoms with Crippen molar-refractivity contribution >= 4 is 5.91 Å². The number of carbonyl (C=O) groups excluding carboxylic acids is 1. The van der Waals surface area contributed by atoms with Crippen LogP contribution in [-0.2, 0) is 17.8 Å². The van der Waals surface area contributed by atoms with Crippen LogP contribution in [0.4, 0.5) is 0 Å². The second kappa shape index (κ2) is 8.78. The van der Waals surface area contributed by atoms with Crippen LogP contribution in [0, 0.1) is 0 Å². The van der Waals surface area contributed by atoms with Crippen molar-refractivity contribution < 1.29 is 4.79 Å². The monoisotopic (exact) mass is 375 g/mol. The van der Waals surface area contributed by atoms with Gasteiger partial charge in [0.05, 0.1) is 12.2 Å². The smallest absolute Gasteiger partial charge is 0.222 e. The first-order valence-corrected chi connectivity index (χ1v) is 9.87. The van der Waals surface area contributed by atoms with E-state index < -0.39 is 0 Å². The molecular weight excluding hydrogens is 350 g/mol. The number of likely N-dealkylation sites (tertiary alicyclic amines) is 1. The van der Waals surface area contributed by atoms with Gasteiger partial charge in [0.25, 0.3) is 0 Å². The van der Waals surface area contributed by atoms with Crippen molar-refractivity contribution in [1.29, 1.82) is 0 Å². The molecule has 4 rings (SSSR count). The second-order valence-electron chi connectivity index (χ2n) is 7.27. The third-order valence-electron chi connectivity index (χ3n) is 5.32. The molecule has 0 bridgehead atoms. The van der Waals surface area contributed by atoms with Crippen LogP contribution in [0.15, 0.2) is 61.3 Å². The maximum Gasteiger partial charge on any atom is 0.222 e. The van der Waals surface area contributed by atoms with Gasteiger partial charge < -0.3 is 9.47 Å². The molecule has 0 N–H and O–H groups in total. The number of rotatable bonds is 6. The van der Waals surface area contributed by atoms with E-state index in [-0.39, 0.29) is 11.8 Å². The van der Waals surface area contributed by atoms with Gasteiger partial charge in [-0.2, -0.15) is 0 Å². The molecule has 3 aromatic rings. The fourth-order valence-electron chi connectivity index (χ4n) is 3.85. The Morgan fingerprint density at radius 1 is 1.07 bits per heavy atom. The lowest BCUT2D eigenvalue weighted by Gasteiger charge is -2.33. The zero-order chi connectivity index (χ0) is 19.2. The van der Waals surface area contributed by atoms with Crippen LogP contribution < -0.4 is 0 Å². The van der Waals surface area contributed by atoms with Gasteiger partial charge in [-0.15, -0.1) is 0 Å². The molecule has 3 aromatic heterocycles. The highest BCUT2D eigenvalue weighted by atomic mass is 16.2. The van der Waals surface area contributed by atoms with Crippen LogP contribution >= 0.6 is 0 Å². The van der Waals surface area contributed by atoms with E-state index in [2.05, 4.69) is 19.5 Å². The Bertz CT molecular complexity index is 894. The summed E-state index contributed by atoms with van der Waals surface area (Å²) in [7, 11) is 0. The maximum atomic E-state index is 12.7. The largest absolute Gasteiger partial charge is 0.342 e. The molecular formula is C22H25N5O. The maximum absolute atomic E-state index is 12.7. The molecule has 1 saturated heterocycles. The van der Waals surface area contributed by atoms with E-state index in [9.17, 15) is 4.79 Å². The molecule has 1 amide bonds. The summed E-state index contributed by atoms with van der Waals surface area (Å²) >= 11 is 0. The van der Waals surface area contributed by atoms with Gasteiger partial charge >= 0.3 is 0 Å². The molecule has 0 radical (unpaired) electrons. The summed E-state index contributed by atoms with van der Waals surface area (Å²) in [4.78, 5) is 27.8. The minimum absolute atomic E-state index is 0.226. The van der Waals surface area contributed by atoms with E-state index in [0.29, 0.717) is 13.0 Å². The fourth-order valence-corrected chi connectivity index (χ4v) is 3.85. The predicted octanol–water partition coefficient (Wildman–Crippen LogP) is 3.06. The summed E-state index contributed by atoms with van der Waals surface area (Å²) in [5.41, 5.74) is 2.17. The number of hydrogen-bond acceptors (Lipinski definition) is 4. The van der Waals surface area contributed by atoms with Crippen LogP contribution in [0.5, 0.6) is 0 Å². The number of imidazole rings is 1. The minimum Gasteiger partial charge on any atom is -0.342 e. The van der Waals surface area contributed by atoms with E-state index in [1.165, 1.54) is 0 Å².